The van der Waals surface area contributed by atoms with Crippen LogP contribution in [0, 0.1) is 180 Å². The molecule has 0 atom stereocenters. The molecule has 1 saturated heterocycles. The molecule has 9 rings (SSSR count). The third kappa shape index (κ3) is 24.5. The van der Waals surface area contributed by atoms with E-state index in [2.05, 4.69) is 4.84 Å². The van der Waals surface area contributed by atoms with Gasteiger partial charge in [0.1, 0.15) is 17.5 Å². The minimum absolute atomic E-state index is 0.0810. The van der Waals surface area contributed by atoms with Gasteiger partial charge in [0.15, 0.2) is 81.4 Å². The third-order valence-corrected chi connectivity index (χ3v) is 13.4. The Morgan fingerprint density at radius 3 is 1.09 bits per heavy atom. The molecular weight excluding hydrogens is 1370 g/mol. The number of nitro benzene ring substituents is 2. The molecular formula is C61H47Cl4F18N3O7. The number of halogens is 22. The van der Waals surface area contributed by atoms with E-state index in [0.717, 1.165) is 49.1 Å². The van der Waals surface area contributed by atoms with Gasteiger partial charge in [0, 0.05) is 81.6 Å². The first-order valence-electron chi connectivity index (χ1n) is 25.3. The van der Waals surface area contributed by atoms with Gasteiger partial charge in [-0.3, -0.25) is 34.7 Å². The fourth-order valence-electron chi connectivity index (χ4n) is 6.16. The summed E-state index contributed by atoms with van der Waals surface area (Å²) in [6.45, 7) is 10.7. The highest BCUT2D eigenvalue weighted by Gasteiger charge is 2.29. The molecule has 0 radical (unpaired) electrons. The minimum Gasteiger partial charge on any atom is -0.272 e. The number of nitro groups is 2. The van der Waals surface area contributed by atoms with Gasteiger partial charge in [-0.1, -0.05) is 88.4 Å². The molecule has 1 aliphatic rings. The summed E-state index contributed by atoms with van der Waals surface area (Å²) >= 11 is 23.0. The van der Waals surface area contributed by atoms with E-state index < -0.39 is 126 Å². The van der Waals surface area contributed by atoms with Crippen LogP contribution in [-0.4, -0.2) is 33.8 Å². The van der Waals surface area contributed by atoms with E-state index in [4.69, 9.17) is 46.4 Å². The number of nitrogens with zero attached hydrogens (tertiary/aromatic N) is 3. The van der Waals surface area contributed by atoms with Gasteiger partial charge in [0.25, 0.3) is 23.2 Å². The van der Waals surface area contributed by atoms with Crippen LogP contribution in [0.15, 0.2) is 97.1 Å². The fourth-order valence-corrected chi connectivity index (χ4v) is 7.12. The van der Waals surface area contributed by atoms with E-state index in [1.807, 2.05) is 6.92 Å². The second-order valence-electron chi connectivity index (χ2n) is 18.2. The number of hydrogen-bond acceptors (Lipinski definition) is 7. The zero-order valence-corrected chi connectivity index (χ0v) is 52.2. The van der Waals surface area contributed by atoms with Gasteiger partial charge < -0.3 is 0 Å². The maximum Gasteiger partial charge on any atom is 0.272 e. The first kappa shape index (κ1) is 82.6. The van der Waals surface area contributed by atoms with E-state index in [9.17, 15) is 109 Å². The molecule has 0 spiro atoms. The van der Waals surface area contributed by atoms with Crippen molar-refractivity contribution >= 4 is 69.6 Å². The van der Waals surface area contributed by atoms with Crippen molar-refractivity contribution in [3.05, 3.63) is 287 Å². The van der Waals surface area contributed by atoms with Crippen molar-refractivity contribution in [1.29, 1.82) is 0 Å². The normalized spacial score (nSPS) is 10.9. The Kier molecular flexibility index (Phi) is 34.2. The first-order valence-corrected chi connectivity index (χ1v) is 26.8. The molecule has 2 amide bonds. The number of non-ortho nitro benzene ring substituents is 1. The molecule has 0 bridgehead atoms. The first-order chi connectivity index (χ1) is 43.1. The van der Waals surface area contributed by atoms with Gasteiger partial charge in [-0.05, 0) is 91.3 Å². The van der Waals surface area contributed by atoms with Crippen molar-refractivity contribution in [1.82, 2.24) is 5.06 Å². The summed E-state index contributed by atoms with van der Waals surface area (Å²) in [6, 6.07) is 20.5. The van der Waals surface area contributed by atoms with Crippen molar-refractivity contribution in [2.45, 2.75) is 68.2 Å². The van der Waals surface area contributed by atoms with Crippen molar-refractivity contribution in [3.8, 4) is 0 Å². The summed E-state index contributed by atoms with van der Waals surface area (Å²) in [5.74, 6) is -24.7. The topological polar surface area (TPSA) is 133 Å². The average molecular weight is 1420 g/mol. The molecule has 1 heterocycles. The molecule has 0 aromatic heterocycles. The number of amides is 2. The number of imide groups is 1. The second-order valence-corrected chi connectivity index (χ2v) is 19.8. The van der Waals surface area contributed by atoms with Crippen LogP contribution in [0.25, 0.3) is 0 Å². The quantitative estimate of drug-likeness (QED) is 0.0429. The molecule has 1 aliphatic heterocycles. The van der Waals surface area contributed by atoms with Crippen LogP contribution >= 0.6 is 46.4 Å². The molecule has 10 nitrogen and oxygen atoms in total. The molecule has 0 saturated carbocycles. The summed E-state index contributed by atoms with van der Waals surface area (Å²) in [4.78, 5) is 45.2. The number of carbonyl (C=O) groups excluding carboxylic acids is 2. The number of aryl methyl sites for hydroxylation is 2. The molecule has 1 fully saturated rings. The van der Waals surface area contributed by atoms with Crippen LogP contribution in [0.4, 0.5) is 90.4 Å². The van der Waals surface area contributed by atoms with E-state index >= 15 is 0 Å². The number of hydrogen-bond donors (Lipinski definition) is 0. The maximum atomic E-state index is 12.4. The molecule has 502 valence electrons. The van der Waals surface area contributed by atoms with E-state index in [1.165, 1.54) is 57.4 Å². The van der Waals surface area contributed by atoms with Gasteiger partial charge in [-0.15, -0.1) is 0 Å². The Morgan fingerprint density at radius 1 is 0.376 bits per heavy atom. The Bertz CT molecular complexity index is 3580. The van der Waals surface area contributed by atoms with Crippen LogP contribution < -0.4 is 0 Å². The summed E-state index contributed by atoms with van der Waals surface area (Å²) in [6.07, 6.45) is 0.569. The van der Waals surface area contributed by atoms with Gasteiger partial charge >= 0.3 is 0 Å². The van der Waals surface area contributed by atoms with E-state index in [0.29, 0.717) is 25.7 Å². The predicted octanol–water partition coefficient (Wildman–Crippen LogP) is 20.6. The zero-order chi connectivity index (χ0) is 71.8. The van der Waals surface area contributed by atoms with Gasteiger partial charge in [0.2, 0.25) is 5.82 Å². The predicted molar refractivity (Wildman–Crippen MR) is 310 cm³/mol. The van der Waals surface area contributed by atoms with Crippen LogP contribution in [0.5, 0.6) is 0 Å². The number of benzene rings is 8. The molecule has 93 heavy (non-hydrogen) atoms. The molecule has 0 N–H and O–H groups in total. The lowest BCUT2D eigenvalue weighted by atomic mass is 10.2. The summed E-state index contributed by atoms with van der Waals surface area (Å²) in [5.41, 5.74) is 0.475. The van der Waals surface area contributed by atoms with E-state index in [-0.39, 0.29) is 64.2 Å². The monoisotopic (exact) mass is 1420 g/mol. The van der Waals surface area contributed by atoms with Gasteiger partial charge in [0.05, 0.1) is 32.0 Å². The number of para-hydroxylation sites is 1. The highest BCUT2D eigenvalue weighted by molar-refractivity contribution is 6.49. The minimum atomic E-state index is -2.13. The Balaban J connectivity index is 0.000000524. The number of hydroxylamine groups is 2. The third-order valence-electron chi connectivity index (χ3n) is 11.7. The largest absolute Gasteiger partial charge is 0.272 e. The SMILES string of the molecule is CON1C(=O)CCC1=O.Cc1c(Cl)cc(Cl)c(Cl)c1Cl.Cc1c(F)c(F)c(F)c(F)c1F.Cc1c(F)c(F)cc(F)c1F.Cc1c(F)c(F)cc(F)c1F.Cc1c(F)ccc(F)c1F.Cc1c(F)cccc1F.Cc1ccc([N+](=O)[O-])cc1.Cc1ccccc1[N+](=O)[O-]. The summed E-state index contributed by atoms with van der Waals surface area (Å²) in [7, 11) is 1.31. The lowest BCUT2D eigenvalue weighted by Crippen LogP contribution is -2.27. The molecule has 8 aromatic carbocycles. The van der Waals surface area contributed by atoms with Crippen molar-refractivity contribution in [2.24, 2.45) is 0 Å². The zero-order valence-electron chi connectivity index (χ0n) is 49.2. The lowest BCUT2D eigenvalue weighted by Gasteiger charge is -2.07. The highest BCUT2D eigenvalue weighted by atomic mass is 35.5. The maximum absolute atomic E-state index is 12.4. The van der Waals surface area contributed by atoms with Crippen LogP contribution in [0.3, 0.4) is 0 Å². The van der Waals surface area contributed by atoms with E-state index in [1.54, 1.807) is 50.2 Å². The Morgan fingerprint density at radius 2 is 0.742 bits per heavy atom. The molecule has 32 heteroatoms. The Labute approximate surface area is 537 Å². The number of rotatable bonds is 3. The highest BCUT2D eigenvalue weighted by Crippen LogP contribution is 2.36. The van der Waals surface area contributed by atoms with Gasteiger partial charge in [-0.2, -0.15) is 5.06 Å². The molecule has 0 unspecified atom stereocenters. The average Bonchev–Trinajstić information content (AvgIpc) is 1.52. The Hall–Kier alpha value is -8.44. The van der Waals surface area contributed by atoms with Gasteiger partial charge in [-0.25, -0.2) is 79.0 Å². The smallest absolute Gasteiger partial charge is 0.272 e. The van der Waals surface area contributed by atoms with Crippen molar-refractivity contribution in [3.63, 3.8) is 0 Å². The fraction of sp³-hybridized carbons (Fsp3) is 0.180. The second kappa shape index (κ2) is 38.5. The van der Waals surface area contributed by atoms with Crippen LogP contribution in [0.1, 0.15) is 57.3 Å². The standard InChI is InChI=1S/C7H4Cl4.C7H3F5.2C7H4F4.C7H5F3.C7H6F2.2C7H7NO2.C5H7NO3/c1-3-4(8)2-5(9)7(11)6(3)10;1-2-3(8)5(10)7(12)6(11)4(2)9;2*1-3-6(10)4(8)2-5(9)7(3)11;1-4-5(8)2-3-6(9)7(4)10;1-5-6(8)3-2-4-7(5)9;1-6-2-4-7(5-3-6)8(9)10;1-6-4-2-3-5-7(6)8(9)10;1-9-6-4(7)2-3-5(6)8/h2H,1H3;1H3;2*2H,1H3;2-3H,1H3;2-4H,1H3;2*2-5H,1H3;2-3H2,1H3. The lowest BCUT2D eigenvalue weighted by molar-refractivity contribution is -0.385. The molecule has 0 aliphatic carbocycles. The van der Waals surface area contributed by atoms with Crippen molar-refractivity contribution in [2.75, 3.05) is 7.11 Å². The molecule has 8 aromatic rings. The van der Waals surface area contributed by atoms with Crippen LogP contribution in [0.2, 0.25) is 20.1 Å². The van der Waals surface area contributed by atoms with Crippen LogP contribution in [-0.2, 0) is 14.4 Å². The summed E-state index contributed by atoms with van der Waals surface area (Å²) < 4.78 is 222. The van der Waals surface area contributed by atoms with Crippen molar-refractivity contribution < 1.29 is 103 Å². The summed E-state index contributed by atoms with van der Waals surface area (Å²) in [5, 5.41) is 22.8. The number of carbonyl (C=O) groups is 2.